The average molecular weight is 314 g/mol. The molecule has 5 nitrogen and oxygen atoms in total. The molecule has 1 aromatic rings. The Hall–Kier alpha value is -1.11. The number of hydrogen-bond donors (Lipinski definition) is 1. The molecule has 1 aromatic carbocycles. The van der Waals surface area contributed by atoms with Crippen LogP contribution in [-0.2, 0) is 16.6 Å². The van der Waals surface area contributed by atoms with Crippen LogP contribution in [0.2, 0.25) is 0 Å². The molecule has 0 aliphatic carbocycles. The Balaban J connectivity index is 3.23. The summed E-state index contributed by atoms with van der Waals surface area (Å²) in [5.41, 5.74) is 0.920. The van der Waals surface area contributed by atoms with E-state index in [0.717, 1.165) is 18.4 Å². The third-order valence-corrected chi connectivity index (χ3v) is 5.34. The van der Waals surface area contributed by atoms with Crippen LogP contribution in [0.25, 0.3) is 0 Å². The minimum atomic E-state index is -3.53. The number of ether oxygens (including phenoxy) is 1. The largest absolute Gasteiger partial charge is 0.495 e. The molecular formula is C15H26N2O3S. The van der Waals surface area contributed by atoms with Crippen molar-refractivity contribution in [2.45, 2.75) is 38.1 Å². The molecule has 1 rings (SSSR count). The monoisotopic (exact) mass is 314 g/mol. The summed E-state index contributed by atoms with van der Waals surface area (Å²) in [6.45, 7) is 5.52. The van der Waals surface area contributed by atoms with E-state index in [0.29, 0.717) is 25.4 Å². The van der Waals surface area contributed by atoms with Gasteiger partial charge in [-0.2, -0.15) is 4.31 Å². The fraction of sp³-hybridized carbons (Fsp3) is 0.600. The van der Waals surface area contributed by atoms with Crippen molar-refractivity contribution in [2.24, 2.45) is 0 Å². The molecular weight excluding hydrogens is 288 g/mol. The molecule has 0 amide bonds. The zero-order valence-electron chi connectivity index (χ0n) is 13.3. The SMILES string of the molecule is CCCCN(CC)S(=O)(=O)c1cc(CNC)ccc1OC. The van der Waals surface area contributed by atoms with Crippen LogP contribution in [0.1, 0.15) is 32.3 Å². The number of nitrogens with zero attached hydrogens (tertiary/aromatic N) is 1. The standard InChI is InChI=1S/C15H26N2O3S/c1-5-7-10-17(6-2)21(18,19)15-11-13(12-16-3)8-9-14(15)20-4/h8-9,11,16H,5-7,10,12H2,1-4H3. The van der Waals surface area contributed by atoms with Crippen LogP contribution in [0.5, 0.6) is 5.75 Å². The summed E-state index contributed by atoms with van der Waals surface area (Å²) in [6.07, 6.45) is 1.81. The summed E-state index contributed by atoms with van der Waals surface area (Å²) in [4.78, 5) is 0.246. The molecule has 0 aliphatic rings. The number of benzene rings is 1. The summed E-state index contributed by atoms with van der Waals surface area (Å²) >= 11 is 0. The minimum Gasteiger partial charge on any atom is -0.495 e. The molecule has 120 valence electrons. The fourth-order valence-electron chi connectivity index (χ4n) is 2.16. The van der Waals surface area contributed by atoms with Gasteiger partial charge in [-0.1, -0.05) is 26.3 Å². The average Bonchev–Trinajstić information content (AvgIpc) is 2.48. The molecule has 0 bridgehead atoms. The molecule has 0 unspecified atom stereocenters. The lowest BCUT2D eigenvalue weighted by Crippen LogP contribution is -2.32. The highest BCUT2D eigenvalue weighted by Gasteiger charge is 2.26. The lowest BCUT2D eigenvalue weighted by atomic mass is 10.2. The van der Waals surface area contributed by atoms with Crippen LogP contribution in [0.4, 0.5) is 0 Å². The summed E-state index contributed by atoms with van der Waals surface area (Å²) in [6, 6.07) is 5.28. The highest BCUT2D eigenvalue weighted by atomic mass is 32.2. The number of hydrogen-bond acceptors (Lipinski definition) is 4. The summed E-state index contributed by atoms with van der Waals surface area (Å²) in [5.74, 6) is 0.393. The van der Waals surface area contributed by atoms with Gasteiger partial charge in [0.1, 0.15) is 10.6 Å². The van der Waals surface area contributed by atoms with Crippen molar-refractivity contribution < 1.29 is 13.2 Å². The summed E-state index contributed by atoms with van der Waals surface area (Å²) < 4.78 is 32.4. The van der Waals surface area contributed by atoms with E-state index in [1.54, 1.807) is 12.1 Å². The molecule has 0 radical (unpaired) electrons. The number of unbranched alkanes of at least 4 members (excludes halogenated alkanes) is 1. The maximum atomic E-state index is 12.8. The molecule has 21 heavy (non-hydrogen) atoms. The lowest BCUT2D eigenvalue weighted by Gasteiger charge is -2.22. The Morgan fingerprint density at radius 2 is 2.00 bits per heavy atom. The summed E-state index contributed by atoms with van der Waals surface area (Å²) in [7, 11) is -0.201. The van der Waals surface area contributed by atoms with Crippen LogP contribution >= 0.6 is 0 Å². The van der Waals surface area contributed by atoms with Crippen molar-refractivity contribution >= 4 is 10.0 Å². The normalized spacial score (nSPS) is 11.9. The van der Waals surface area contributed by atoms with Crippen LogP contribution < -0.4 is 10.1 Å². The fourth-order valence-corrected chi connectivity index (χ4v) is 3.85. The first-order valence-corrected chi connectivity index (χ1v) is 8.76. The van der Waals surface area contributed by atoms with Gasteiger partial charge in [0.2, 0.25) is 10.0 Å². The Kier molecular flexibility index (Phi) is 7.14. The molecule has 6 heteroatoms. The first-order chi connectivity index (χ1) is 10.0. The van der Waals surface area contributed by atoms with E-state index >= 15 is 0 Å². The predicted octanol–water partition coefficient (Wildman–Crippen LogP) is 2.23. The zero-order chi connectivity index (χ0) is 15.9. The number of sulfonamides is 1. The summed E-state index contributed by atoms with van der Waals surface area (Å²) in [5, 5.41) is 3.03. The zero-order valence-corrected chi connectivity index (χ0v) is 14.2. The van der Waals surface area contributed by atoms with Gasteiger partial charge in [-0.15, -0.1) is 0 Å². The molecule has 0 fully saturated rings. The molecule has 0 heterocycles. The van der Waals surface area contributed by atoms with Crippen LogP contribution in [0, 0.1) is 0 Å². The molecule has 0 aliphatic heterocycles. The highest BCUT2D eigenvalue weighted by Crippen LogP contribution is 2.28. The third kappa shape index (κ3) is 4.43. The Morgan fingerprint density at radius 1 is 1.29 bits per heavy atom. The van der Waals surface area contributed by atoms with Gasteiger partial charge in [0, 0.05) is 19.6 Å². The van der Waals surface area contributed by atoms with E-state index < -0.39 is 10.0 Å². The van der Waals surface area contributed by atoms with Crippen LogP contribution in [0.3, 0.4) is 0 Å². The van der Waals surface area contributed by atoms with Crippen molar-refractivity contribution in [3.05, 3.63) is 23.8 Å². The van der Waals surface area contributed by atoms with Gasteiger partial charge in [-0.05, 0) is 31.2 Å². The number of rotatable bonds is 9. The van der Waals surface area contributed by atoms with Crippen LogP contribution in [-0.4, -0.2) is 40.0 Å². The van der Waals surface area contributed by atoms with E-state index in [2.05, 4.69) is 12.2 Å². The van der Waals surface area contributed by atoms with Gasteiger partial charge in [0.15, 0.2) is 0 Å². The molecule has 0 aromatic heterocycles. The predicted molar refractivity (Wildman–Crippen MR) is 85.1 cm³/mol. The van der Waals surface area contributed by atoms with E-state index in [1.165, 1.54) is 11.4 Å². The lowest BCUT2D eigenvalue weighted by molar-refractivity contribution is 0.390. The molecule has 0 saturated heterocycles. The van der Waals surface area contributed by atoms with Crippen molar-refractivity contribution in [3.8, 4) is 5.75 Å². The topological polar surface area (TPSA) is 58.6 Å². The van der Waals surface area contributed by atoms with E-state index in [4.69, 9.17) is 4.74 Å². The van der Waals surface area contributed by atoms with Crippen LogP contribution in [0.15, 0.2) is 23.1 Å². The maximum Gasteiger partial charge on any atom is 0.246 e. The van der Waals surface area contributed by atoms with Crippen molar-refractivity contribution in [1.82, 2.24) is 9.62 Å². The van der Waals surface area contributed by atoms with E-state index in [-0.39, 0.29) is 4.90 Å². The minimum absolute atomic E-state index is 0.246. The van der Waals surface area contributed by atoms with E-state index in [1.807, 2.05) is 20.0 Å². The second-order valence-electron chi connectivity index (χ2n) is 4.87. The van der Waals surface area contributed by atoms with Crippen molar-refractivity contribution in [1.29, 1.82) is 0 Å². The smallest absolute Gasteiger partial charge is 0.246 e. The molecule has 1 N–H and O–H groups in total. The van der Waals surface area contributed by atoms with Gasteiger partial charge in [0.25, 0.3) is 0 Å². The van der Waals surface area contributed by atoms with Gasteiger partial charge in [-0.25, -0.2) is 8.42 Å². The Bertz CT molecular complexity index is 544. The van der Waals surface area contributed by atoms with E-state index in [9.17, 15) is 8.42 Å². The first kappa shape index (κ1) is 17.9. The van der Waals surface area contributed by atoms with Crippen molar-refractivity contribution in [3.63, 3.8) is 0 Å². The highest BCUT2D eigenvalue weighted by molar-refractivity contribution is 7.89. The first-order valence-electron chi connectivity index (χ1n) is 7.32. The quantitative estimate of drug-likeness (QED) is 0.759. The van der Waals surface area contributed by atoms with Gasteiger partial charge in [-0.3, -0.25) is 0 Å². The Labute approximate surface area is 128 Å². The Morgan fingerprint density at radius 3 is 2.52 bits per heavy atom. The van der Waals surface area contributed by atoms with Gasteiger partial charge in [0.05, 0.1) is 7.11 Å². The molecule has 0 spiro atoms. The molecule has 0 atom stereocenters. The third-order valence-electron chi connectivity index (χ3n) is 3.34. The second kappa shape index (κ2) is 8.36. The van der Waals surface area contributed by atoms with Gasteiger partial charge >= 0.3 is 0 Å². The van der Waals surface area contributed by atoms with Gasteiger partial charge < -0.3 is 10.1 Å². The number of methoxy groups -OCH3 is 1. The molecule has 0 saturated carbocycles. The van der Waals surface area contributed by atoms with Crippen molar-refractivity contribution in [2.75, 3.05) is 27.2 Å². The number of nitrogens with one attached hydrogen (secondary N) is 1. The second-order valence-corrected chi connectivity index (χ2v) is 6.77. The maximum absolute atomic E-state index is 12.8.